The maximum Gasteiger partial charge on any atom is 0.397 e. The Morgan fingerprint density at radius 2 is 1.64 bits per heavy atom. The van der Waals surface area contributed by atoms with E-state index in [1.165, 1.54) is 0 Å². The van der Waals surface area contributed by atoms with E-state index in [1.807, 2.05) is 6.07 Å². The summed E-state index contributed by atoms with van der Waals surface area (Å²) in [5, 5.41) is 0. The number of hydrogen-bond donors (Lipinski definition) is 2. The number of esters is 1. The molecule has 1 saturated heterocycles. The maximum atomic E-state index is 13.1. The molecule has 10 nitrogen and oxygen atoms in total. The first-order valence-corrected chi connectivity index (χ1v) is 13.1. The summed E-state index contributed by atoms with van der Waals surface area (Å²) < 4.78 is 70.3. The van der Waals surface area contributed by atoms with Gasteiger partial charge < -0.3 is 4.74 Å². The lowest BCUT2D eigenvalue weighted by atomic mass is 10.1. The lowest BCUT2D eigenvalue weighted by Gasteiger charge is -2.26. The highest BCUT2D eigenvalue weighted by Crippen LogP contribution is 2.22. The Labute approximate surface area is 193 Å². The Bertz CT molecular complexity index is 1130. The van der Waals surface area contributed by atoms with Crippen molar-refractivity contribution in [2.24, 2.45) is 0 Å². The van der Waals surface area contributed by atoms with E-state index in [-0.39, 0.29) is 19.6 Å². The van der Waals surface area contributed by atoms with Gasteiger partial charge in [0.05, 0.1) is 12.6 Å². The third kappa shape index (κ3) is 7.88. The average molecular weight is 499 g/mol. The zero-order valence-corrected chi connectivity index (χ0v) is 19.4. The molecule has 180 valence electrons. The zero-order chi connectivity index (χ0) is 23.9. The predicted octanol–water partition coefficient (Wildman–Crippen LogP) is 1.46. The van der Waals surface area contributed by atoms with Crippen LogP contribution in [0.25, 0.3) is 0 Å². The fourth-order valence-corrected chi connectivity index (χ4v) is 5.51. The minimum absolute atomic E-state index is 0.0241. The number of nitrogens with zero attached hydrogens (tertiary/aromatic N) is 1. The topological polar surface area (TPSA) is 139 Å². The highest BCUT2D eigenvalue weighted by atomic mass is 32.3. The number of carbonyl (C=O) groups is 1. The molecular formula is C21H26N2O8S2. The Morgan fingerprint density at radius 1 is 1.03 bits per heavy atom. The molecule has 1 fully saturated rings. The van der Waals surface area contributed by atoms with E-state index in [0.29, 0.717) is 12.8 Å². The number of nitrogens with one attached hydrogen (secondary N) is 1. The van der Waals surface area contributed by atoms with Crippen molar-refractivity contribution in [1.82, 2.24) is 9.03 Å². The van der Waals surface area contributed by atoms with Gasteiger partial charge in [-0.3, -0.25) is 9.35 Å². The minimum atomic E-state index is -4.77. The van der Waals surface area contributed by atoms with Crippen molar-refractivity contribution >= 4 is 26.6 Å². The molecule has 0 unspecified atom stereocenters. The normalized spacial score (nSPS) is 18.2. The van der Waals surface area contributed by atoms with Crippen LogP contribution in [0.3, 0.4) is 0 Å². The van der Waals surface area contributed by atoms with E-state index in [9.17, 15) is 21.6 Å². The smallest absolute Gasteiger partial charge is 0.397 e. The summed E-state index contributed by atoms with van der Waals surface area (Å²) in [5.74, 6) is -0.657. The molecular weight excluding hydrogens is 472 g/mol. The van der Waals surface area contributed by atoms with Crippen LogP contribution in [0.15, 0.2) is 60.7 Å². The van der Waals surface area contributed by atoms with Crippen molar-refractivity contribution in [1.29, 1.82) is 0 Å². The quantitative estimate of drug-likeness (QED) is 0.351. The Morgan fingerprint density at radius 3 is 2.24 bits per heavy atom. The lowest BCUT2D eigenvalue weighted by molar-refractivity contribution is -0.148. The standard InChI is InChI=1S/C21H26N2O8S2/c24-21(30-15-18-10-5-2-6-11-18)20-12-7-13-23(20)32(25,26)22-19(16-31-33(27,28)29)14-17-8-3-1-4-9-17/h1-6,8-11,19-20,22H,7,12-16H2,(H,27,28,29)/t19-,20+/m1/s1. The molecule has 0 amide bonds. The van der Waals surface area contributed by atoms with Gasteiger partial charge in [0, 0.05) is 6.54 Å². The van der Waals surface area contributed by atoms with Crippen LogP contribution in [0, 0.1) is 0 Å². The molecule has 1 aliphatic rings. The number of carbonyl (C=O) groups excluding carboxylic acids is 1. The van der Waals surface area contributed by atoms with E-state index in [4.69, 9.17) is 9.29 Å². The number of ether oxygens (including phenoxy) is 1. The van der Waals surface area contributed by atoms with Gasteiger partial charge >= 0.3 is 16.4 Å². The highest BCUT2D eigenvalue weighted by molar-refractivity contribution is 7.87. The molecule has 0 spiro atoms. The zero-order valence-electron chi connectivity index (χ0n) is 17.7. The summed E-state index contributed by atoms with van der Waals surface area (Å²) in [4.78, 5) is 12.6. The maximum absolute atomic E-state index is 13.1. The van der Waals surface area contributed by atoms with Crippen LogP contribution in [0.4, 0.5) is 0 Å². The molecule has 12 heteroatoms. The first kappa shape index (κ1) is 25.3. The first-order valence-electron chi connectivity index (χ1n) is 10.3. The molecule has 0 aromatic heterocycles. The van der Waals surface area contributed by atoms with Crippen LogP contribution >= 0.6 is 0 Å². The van der Waals surface area contributed by atoms with E-state index in [2.05, 4.69) is 8.91 Å². The van der Waals surface area contributed by atoms with Gasteiger partial charge in [0.25, 0.3) is 10.2 Å². The second kappa shape index (κ2) is 11.2. The summed E-state index contributed by atoms with van der Waals surface area (Å²) in [6, 6.07) is 15.8. The van der Waals surface area contributed by atoms with Crippen LogP contribution in [-0.4, -0.2) is 56.9 Å². The van der Waals surface area contributed by atoms with Crippen molar-refractivity contribution in [2.45, 2.75) is 38.0 Å². The fraction of sp³-hybridized carbons (Fsp3) is 0.381. The summed E-state index contributed by atoms with van der Waals surface area (Å²) in [7, 11) is -8.96. The van der Waals surface area contributed by atoms with Gasteiger partial charge in [-0.25, -0.2) is 4.18 Å². The minimum Gasteiger partial charge on any atom is -0.460 e. The molecule has 0 bridgehead atoms. The third-order valence-corrected chi connectivity index (χ3v) is 7.19. The van der Waals surface area contributed by atoms with E-state index in [0.717, 1.165) is 15.4 Å². The molecule has 2 atom stereocenters. The molecule has 2 aromatic carbocycles. The molecule has 2 aromatic rings. The summed E-state index contributed by atoms with van der Waals surface area (Å²) in [6.07, 6.45) is 0.878. The number of benzene rings is 2. The highest BCUT2D eigenvalue weighted by Gasteiger charge is 2.40. The van der Waals surface area contributed by atoms with Crippen LogP contribution < -0.4 is 4.72 Å². The van der Waals surface area contributed by atoms with E-state index < -0.39 is 45.3 Å². The molecule has 2 N–H and O–H groups in total. The molecule has 0 saturated carbocycles. The molecule has 1 heterocycles. The summed E-state index contributed by atoms with van der Waals surface area (Å²) in [6.45, 7) is -0.488. The van der Waals surface area contributed by atoms with Crippen molar-refractivity contribution in [3.05, 3.63) is 71.8 Å². The second-order valence-corrected chi connectivity index (χ2v) is 10.3. The van der Waals surface area contributed by atoms with Gasteiger partial charge in [-0.05, 0) is 30.4 Å². The van der Waals surface area contributed by atoms with Gasteiger partial charge in [0.2, 0.25) is 0 Å². The van der Waals surface area contributed by atoms with Gasteiger partial charge in [-0.1, -0.05) is 60.7 Å². The van der Waals surface area contributed by atoms with Crippen LogP contribution in [0.1, 0.15) is 24.0 Å². The Hall–Kier alpha value is -2.35. The summed E-state index contributed by atoms with van der Waals surface area (Å²) in [5.41, 5.74) is 1.51. The van der Waals surface area contributed by atoms with Gasteiger partial charge in [0.15, 0.2) is 0 Å². The molecule has 33 heavy (non-hydrogen) atoms. The molecule has 0 aliphatic carbocycles. The second-order valence-electron chi connectivity index (χ2n) is 7.58. The van der Waals surface area contributed by atoms with E-state index in [1.54, 1.807) is 54.6 Å². The Kier molecular flexibility index (Phi) is 8.57. The predicted molar refractivity (Wildman–Crippen MR) is 119 cm³/mol. The summed E-state index contributed by atoms with van der Waals surface area (Å²) >= 11 is 0. The van der Waals surface area contributed by atoms with Crippen molar-refractivity contribution < 1.29 is 35.1 Å². The molecule has 3 rings (SSSR count). The number of hydrogen-bond acceptors (Lipinski definition) is 7. The largest absolute Gasteiger partial charge is 0.460 e. The number of rotatable bonds is 11. The van der Waals surface area contributed by atoms with Gasteiger partial charge in [-0.15, -0.1) is 0 Å². The monoisotopic (exact) mass is 498 g/mol. The van der Waals surface area contributed by atoms with Crippen LogP contribution in [0.2, 0.25) is 0 Å². The Balaban J connectivity index is 1.69. The van der Waals surface area contributed by atoms with Crippen molar-refractivity contribution in [3.8, 4) is 0 Å². The lowest BCUT2D eigenvalue weighted by Crippen LogP contribution is -2.51. The third-order valence-electron chi connectivity index (χ3n) is 5.07. The van der Waals surface area contributed by atoms with Crippen LogP contribution in [-0.2, 0) is 47.4 Å². The van der Waals surface area contributed by atoms with E-state index >= 15 is 0 Å². The van der Waals surface area contributed by atoms with Crippen LogP contribution in [0.5, 0.6) is 0 Å². The molecule has 1 aliphatic heterocycles. The van der Waals surface area contributed by atoms with Gasteiger partial charge in [-0.2, -0.15) is 25.9 Å². The van der Waals surface area contributed by atoms with Crippen molar-refractivity contribution in [2.75, 3.05) is 13.2 Å². The SMILES string of the molecule is O=C(OCc1ccccc1)[C@@H]1CCCN1S(=O)(=O)N[C@@H](COS(=O)(=O)O)Cc1ccccc1. The van der Waals surface area contributed by atoms with Crippen molar-refractivity contribution in [3.63, 3.8) is 0 Å². The van der Waals surface area contributed by atoms with Gasteiger partial charge in [0.1, 0.15) is 12.6 Å². The first-order chi connectivity index (χ1) is 15.6. The molecule has 0 radical (unpaired) electrons. The average Bonchev–Trinajstić information content (AvgIpc) is 3.28. The fourth-order valence-electron chi connectivity index (χ4n) is 3.57.